The molecule has 0 aliphatic rings. The third-order valence-electron chi connectivity index (χ3n) is 8.67. The smallest absolute Gasteiger partial charge is 0.143 e. The van der Waals surface area contributed by atoms with Crippen LogP contribution in [0.15, 0.2) is 162 Å². The third-order valence-corrected chi connectivity index (χ3v) is 9.80. The highest BCUT2D eigenvalue weighted by Crippen LogP contribution is 2.42. The van der Waals surface area contributed by atoms with Gasteiger partial charge < -0.3 is 4.42 Å². The van der Waals surface area contributed by atoms with E-state index in [1.165, 1.54) is 59.1 Å². The van der Waals surface area contributed by atoms with Crippen molar-refractivity contribution >= 4 is 53.4 Å². The monoisotopic (exact) mass is 578 g/mol. The molecule has 2 heterocycles. The molecule has 0 amide bonds. The summed E-state index contributed by atoms with van der Waals surface area (Å²) in [6.45, 7) is 0. The van der Waals surface area contributed by atoms with Crippen LogP contribution < -0.4 is 0 Å². The lowest BCUT2D eigenvalue weighted by Crippen LogP contribution is -1.86. The van der Waals surface area contributed by atoms with Crippen LogP contribution in [0, 0.1) is 0 Å². The Kier molecular flexibility index (Phi) is 5.75. The number of rotatable bonds is 4. The molecule has 0 fully saturated rings. The van der Waals surface area contributed by atoms with E-state index in [-0.39, 0.29) is 0 Å². The molecule has 1 nitrogen and oxygen atoms in total. The van der Waals surface area contributed by atoms with Crippen molar-refractivity contribution in [3.05, 3.63) is 158 Å². The van der Waals surface area contributed by atoms with E-state index in [4.69, 9.17) is 4.42 Å². The number of fused-ring (bicyclic) bond motifs is 6. The van der Waals surface area contributed by atoms with Crippen LogP contribution in [0.2, 0.25) is 0 Å². The molecular formula is C42H26OS. The Morgan fingerprint density at radius 2 is 0.955 bits per heavy atom. The average Bonchev–Trinajstić information content (AvgIpc) is 3.66. The summed E-state index contributed by atoms with van der Waals surface area (Å²) in [5.74, 6) is 0. The Bertz CT molecular complexity index is 2500. The lowest BCUT2D eigenvalue weighted by Gasteiger charge is -2.11. The number of para-hydroxylation sites is 1. The van der Waals surface area contributed by atoms with E-state index < -0.39 is 0 Å². The summed E-state index contributed by atoms with van der Waals surface area (Å²) in [5.41, 5.74) is 11.3. The molecule has 0 unspecified atom stereocenters. The van der Waals surface area contributed by atoms with E-state index in [0.29, 0.717) is 0 Å². The summed E-state index contributed by atoms with van der Waals surface area (Å²) in [6.07, 6.45) is 0. The van der Waals surface area contributed by atoms with Gasteiger partial charge in [0.05, 0.1) is 0 Å². The summed E-state index contributed by atoms with van der Waals surface area (Å²) in [5, 5.41) is 4.90. The first-order valence-electron chi connectivity index (χ1n) is 14.9. The van der Waals surface area contributed by atoms with Crippen LogP contribution in [0.4, 0.5) is 0 Å². The zero-order valence-corrected chi connectivity index (χ0v) is 24.6. The summed E-state index contributed by atoms with van der Waals surface area (Å²) in [7, 11) is 0. The molecule has 0 radical (unpaired) electrons. The SMILES string of the molecule is c1ccc(-c2cccc(-c3cccc(-c4cc(-c5ccc6c(c5)sc5ccccc56)c5oc6ccccc6c5c4)c3)c2)cc1. The molecule has 7 aromatic carbocycles. The lowest BCUT2D eigenvalue weighted by molar-refractivity contribution is 0.670. The highest BCUT2D eigenvalue weighted by Gasteiger charge is 2.16. The second-order valence-corrected chi connectivity index (χ2v) is 12.4. The molecule has 0 N–H and O–H groups in total. The Hall–Kier alpha value is -5.44. The predicted octanol–water partition coefficient (Wildman–Crippen LogP) is 12.6. The van der Waals surface area contributed by atoms with Gasteiger partial charge in [0.15, 0.2) is 0 Å². The molecule has 0 atom stereocenters. The summed E-state index contributed by atoms with van der Waals surface area (Å²) < 4.78 is 9.16. The van der Waals surface area contributed by atoms with Crippen LogP contribution in [0.5, 0.6) is 0 Å². The summed E-state index contributed by atoms with van der Waals surface area (Å²) in [6, 6.07) is 56.8. The normalized spacial score (nSPS) is 11.6. The fourth-order valence-corrected chi connectivity index (χ4v) is 7.63. The van der Waals surface area contributed by atoms with Gasteiger partial charge in [-0.1, -0.05) is 115 Å². The molecule has 0 aliphatic heterocycles. The van der Waals surface area contributed by atoms with Crippen LogP contribution >= 0.6 is 11.3 Å². The molecule has 0 aliphatic carbocycles. The molecule has 44 heavy (non-hydrogen) atoms. The Balaban J connectivity index is 1.22. The van der Waals surface area contributed by atoms with Crippen LogP contribution in [-0.4, -0.2) is 0 Å². The number of thiophene rings is 1. The van der Waals surface area contributed by atoms with Crippen molar-refractivity contribution in [3.63, 3.8) is 0 Å². The molecule has 0 bridgehead atoms. The van der Waals surface area contributed by atoms with E-state index in [9.17, 15) is 0 Å². The van der Waals surface area contributed by atoms with Crippen molar-refractivity contribution in [2.75, 3.05) is 0 Å². The van der Waals surface area contributed by atoms with Crippen LogP contribution in [0.25, 0.3) is 86.6 Å². The number of hydrogen-bond donors (Lipinski definition) is 0. The minimum Gasteiger partial charge on any atom is -0.455 e. The second-order valence-electron chi connectivity index (χ2n) is 11.3. The topological polar surface area (TPSA) is 13.1 Å². The van der Waals surface area contributed by atoms with Crippen molar-refractivity contribution in [1.29, 1.82) is 0 Å². The van der Waals surface area contributed by atoms with Crippen molar-refractivity contribution in [3.8, 4) is 44.5 Å². The largest absolute Gasteiger partial charge is 0.455 e. The molecule has 9 rings (SSSR count). The maximum atomic E-state index is 6.55. The van der Waals surface area contributed by atoms with E-state index in [2.05, 4.69) is 152 Å². The first-order valence-corrected chi connectivity index (χ1v) is 15.7. The molecule has 2 heteroatoms. The van der Waals surface area contributed by atoms with Crippen molar-refractivity contribution in [2.45, 2.75) is 0 Å². The predicted molar refractivity (Wildman–Crippen MR) is 188 cm³/mol. The molecular weight excluding hydrogens is 553 g/mol. The van der Waals surface area contributed by atoms with E-state index in [1.54, 1.807) is 0 Å². The van der Waals surface area contributed by atoms with Gasteiger partial charge in [0.1, 0.15) is 11.2 Å². The second kappa shape index (κ2) is 10.1. The Morgan fingerprint density at radius 3 is 1.75 bits per heavy atom. The number of furan rings is 1. The van der Waals surface area contributed by atoms with Gasteiger partial charge in [-0.3, -0.25) is 0 Å². The average molecular weight is 579 g/mol. The maximum Gasteiger partial charge on any atom is 0.143 e. The highest BCUT2D eigenvalue weighted by atomic mass is 32.1. The first kappa shape index (κ1) is 25.1. The number of hydrogen-bond acceptors (Lipinski definition) is 2. The standard InChI is InChI=1S/C42H26OS/c1-2-10-27(11-3-1)28-12-8-13-29(22-28)30-14-9-15-31(23-30)33-24-37(42-38(25-33)34-16-4-6-18-39(34)43-42)32-20-21-36-35-17-5-7-19-40(35)44-41(36)26-32/h1-26H. The van der Waals surface area contributed by atoms with Gasteiger partial charge in [-0.05, 0) is 81.4 Å². The van der Waals surface area contributed by atoms with Gasteiger partial charge in [-0.25, -0.2) is 0 Å². The molecule has 9 aromatic rings. The van der Waals surface area contributed by atoms with Gasteiger partial charge in [-0.2, -0.15) is 0 Å². The fourth-order valence-electron chi connectivity index (χ4n) is 6.49. The third kappa shape index (κ3) is 4.15. The maximum absolute atomic E-state index is 6.55. The van der Waals surface area contributed by atoms with Crippen molar-refractivity contribution in [2.24, 2.45) is 0 Å². The van der Waals surface area contributed by atoms with E-state index in [0.717, 1.165) is 27.5 Å². The molecule has 2 aromatic heterocycles. The van der Waals surface area contributed by atoms with E-state index >= 15 is 0 Å². The molecule has 0 saturated carbocycles. The van der Waals surface area contributed by atoms with Crippen LogP contribution in [0.1, 0.15) is 0 Å². The Labute approximate surface area is 259 Å². The van der Waals surface area contributed by atoms with E-state index in [1.807, 2.05) is 17.4 Å². The highest BCUT2D eigenvalue weighted by molar-refractivity contribution is 7.25. The Morgan fingerprint density at radius 1 is 0.341 bits per heavy atom. The minimum absolute atomic E-state index is 0.912. The molecule has 206 valence electrons. The van der Waals surface area contributed by atoms with Gasteiger partial charge in [0, 0.05) is 36.5 Å². The van der Waals surface area contributed by atoms with Gasteiger partial charge in [0.25, 0.3) is 0 Å². The molecule has 0 saturated heterocycles. The van der Waals surface area contributed by atoms with Crippen LogP contribution in [0.3, 0.4) is 0 Å². The number of benzene rings is 7. The minimum atomic E-state index is 0.912. The van der Waals surface area contributed by atoms with Gasteiger partial charge in [-0.15, -0.1) is 11.3 Å². The lowest BCUT2D eigenvalue weighted by atomic mass is 9.93. The van der Waals surface area contributed by atoms with Crippen molar-refractivity contribution in [1.82, 2.24) is 0 Å². The quantitative estimate of drug-likeness (QED) is 0.202. The zero-order chi connectivity index (χ0) is 29.0. The van der Waals surface area contributed by atoms with Gasteiger partial charge in [0.2, 0.25) is 0 Å². The molecule has 0 spiro atoms. The van der Waals surface area contributed by atoms with Gasteiger partial charge >= 0.3 is 0 Å². The van der Waals surface area contributed by atoms with Crippen molar-refractivity contribution < 1.29 is 4.42 Å². The van der Waals surface area contributed by atoms with Crippen LogP contribution in [-0.2, 0) is 0 Å². The first-order chi connectivity index (χ1) is 21.8. The summed E-state index contributed by atoms with van der Waals surface area (Å²) in [4.78, 5) is 0. The summed E-state index contributed by atoms with van der Waals surface area (Å²) >= 11 is 1.85. The zero-order valence-electron chi connectivity index (χ0n) is 23.8. The fraction of sp³-hybridized carbons (Fsp3) is 0.